The number of ether oxygens (including phenoxy) is 1. The average molecular weight is 396 g/mol. The molecule has 0 unspecified atom stereocenters. The molecule has 0 saturated carbocycles. The molecule has 2 aromatic rings. The van der Waals surface area contributed by atoms with Crippen LogP contribution in [0.4, 0.5) is 23.7 Å². The summed E-state index contributed by atoms with van der Waals surface area (Å²) in [6, 6.07) is 14.0. The van der Waals surface area contributed by atoms with Crippen molar-refractivity contribution in [3.8, 4) is 5.75 Å². The number of amides is 2. The van der Waals surface area contributed by atoms with E-state index in [1.807, 2.05) is 12.1 Å². The third kappa shape index (κ3) is 5.22. The molecule has 0 aliphatic carbocycles. The van der Waals surface area contributed by atoms with Gasteiger partial charge in [-0.05, 0) is 36.2 Å². The molecule has 10 heteroatoms. The maximum atomic E-state index is 12.2. The Morgan fingerprint density at radius 2 is 1.68 bits per heavy atom. The van der Waals surface area contributed by atoms with E-state index in [0.717, 1.165) is 12.0 Å². The maximum Gasteiger partial charge on any atom is 0.490 e. The van der Waals surface area contributed by atoms with Gasteiger partial charge in [0, 0.05) is 12.1 Å². The van der Waals surface area contributed by atoms with Crippen molar-refractivity contribution in [1.29, 1.82) is 0 Å². The molecule has 28 heavy (non-hydrogen) atoms. The lowest BCUT2D eigenvalue weighted by Gasteiger charge is -2.17. The number of anilines is 1. The van der Waals surface area contributed by atoms with Gasteiger partial charge in [-0.2, -0.15) is 13.2 Å². The first-order valence-corrected chi connectivity index (χ1v) is 7.87. The molecule has 0 fully saturated rings. The molecule has 1 heterocycles. The number of rotatable bonds is 2. The van der Waals surface area contributed by atoms with Crippen LogP contribution in [0.2, 0.25) is 0 Å². The van der Waals surface area contributed by atoms with Gasteiger partial charge in [-0.25, -0.2) is 9.59 Å². The van der Waals surface area contributed by atoms with Crippen molar-refractivity contribution in [1.82, 2.24) is 0 Å². The molecule has 2 aromatic carbocycles. The van der Waals surface area contributed by atoms with Gasteiger partial charge < -0.3 is 15.6 Å². The molecule has 0 aromatic heterocycles. The molecular formula is C18H15F3N2O5. The number of para-hydroxylation sites is 1. The van der Waals surface area contributed by atoms with E-state index in [9.17, 15) is 22.8 Å². The Morgan fingerprint density at radius 1 is 1.07 bits per heavy atom. The molecule has 3 N–H and O–H groups in total. The van der Waals surface area contributed by atoms with Crippen molar-refractivity contribution in [2.45, 2.75) is 12.6 Å². The molecular weight excluding hydrogens is 381 g/mol. The number of benzene rings is 2. The molecule has 148 valence electrons. The van der Waals surface area contributed by atoms with Gasteiger partial charge in [0.15, 0.2) is 0 Å². The van der Waals surface area contributed by atoms with Gasteiger partial charge in [-0.1, -0.05) is 24.3 Å². The molecule has 0 bridgehead atoms. The van der Waals surface area contributed by atoms with Gasteiger partial charge in [-0.15, -0.1) is 0 Å². The second-order valence-electron chi connectivity index (χ2n) is 5.59. The van der Waals surface area contributed by atoms with Crippen LogP contribution in [0, 0.1) is 0 Å². The number of fused-ring (bicyclic) bond motifs is 1. The first kappa shape index (κ1) is 20.7. The van der Waals surface area contributed by atoms with E-state index in [-0.39, 0.29) is 0 Å². The lowest BCUT2D eigenvalue weighted by molar-refractivity contribution is -0.192. The summed E-state index contributed by atoms with van der Waals surface area (Å²) in [5.41, 5.74) is 7.35. The van der Waals surface area contributed by atoms with E-state index in [4.69, 9.17) is 20.4 Å². The van der Waals surface area contributed by atoms with E-state index >= 15 is 0 Å². The van der Waals surface area contributed by atoms with Crippen LogP contribution in [0.5, 0.6) is 5.75 Å². The van der Waals surface area contributed by atoms with Gasteiger partial charge in [0.2, 0.25) is 5.91 Å². The summed E-state index contributed by atoms with van der Waals surface area (Å²) in [5.74, 6) is -2.78. The Labute approximate surface area is 157 Å². The fourth-order valence-corrected chi connectivity index (χ4v) is 2.37. The lowest BCUT2D eigenvalue weighted by atomic mass is 10.1. The summed E-state index contributed by atoms with van der Waals surface area (Å²) < 4.78 is 37.1. The Morgan fingerprint density at radius 3 is 2.21 bits per heavy atom. The summed E-state index contributed by atoms with van der Waals surface area (Å²) in [5, 5.41) is 7.12. The van der Waals surface area contributed by atoms with E-state index in [1.165, 1.54) is 4.90 Å². The third-order valence-electron chi connectivity index (χ3n) is 3.68. The van der Waals surface area contributed by atoms with Gasteiger partial charge in [0.25, 0.3) is 0 Å². The monoisotopic (exact) mass is 396 g/mol. The summed E-state index contributed by atoms with van der Waals surface area (Å²) in [6.07, 6.45) is -4.81. The molecule has 0 saturated heterocycles. The zero-order chi connectivity index (χ0) is 20.9. The highest BCUT2D eigenvalue weighted by Gasteiger charge is 2.38. The molecule has 0 spiro atoms. The molecule has 0 atom stereocenters. The van der Waals surface area contributed by atoms with Crippen LogP contribution in [-0.2, 0) is 11.2 Å². The van der Waals surface area contributed by atoms with Gasteiger partial charge in [-0.3, -0.25) is 9.69 Å². The van der Waals surface area contributed by atoms with Crippen LogP contribution in [0.1, 0.15) is 15.9 Å². The molecule has 2 amide bonds. The quantitative estimate of drug-likeness (QED) is 0.811. The minimum Gasteiger partial charge on any atom is -0.475 e. The largest absolute Gasteiger partial charge is 0.490 e. The summed E-state index contributed by atoms with van der Waals surface area (Å²) >= 11 is 0. The minimum absolute atomic E-state index is 0.383. The van der Waals surface area contributed by atoms with Crippen LogP contribution in [-0.4, -0.2) is 35.8 Å². The standard InChI is InChI=1S/C16H14N2O3.C2HF3O2/c17-15(19)12-7-6-11-8-9-18(14(11)10-12)16(20)21-13-4-2-1-3-5-13;3-2(4,5)1(6)7/h1-7,10H,8-9H2,(H2,17,19);(H,6,7). The van der Waals surface area contributed by atoms with Crippen molar-refractivity contribution in [2.24, 2.45) is 5.73 Å². The lowest BCUT2D eigenvalue weighted by Crippen LogP contribution is -2.32. The zero-order valence-corrected chi connectivity index (χ0v) is 14.3. The Hall–Kier alpha value is -3.56. The number of aliphatic carboxylic acids is 1. The normalized spacial score (nSPS) is 12.5. The van der Waals surface area contributed by atoms with Crippen LogP contribution < -0.4 is 15.4 Å². The molecule has 1 aliphatic heterocycles. The average Bonchev–Trinajstić information content (AvgIpc) is 3.05. The number of halogens is 3. The second-order valence-corrected chi connectivity index (χ2v) is 5.59. The van der Waals surface area contributed by atoms with Crippen LogP contribution in [0.15, 0.2) is 48.5 Å². The number of carbonyl (C=O) groups is 3. The number of nitrogens with two attached hydrogens (primary N) is 1. The van der Waals surface area contributed by atoms with E-state index in [1.54, 1.807) is 36.4 Å². The fraction of sp³-hybridized carbons (Fsp3) is 0.167. The molecule has 0 radical (unpaired) electrons. The van der Waals surface area contributed by atoms with Crippen LogP contribution >= 0.6 is 0 Å². The maximum absolute atomic E-state index is 12.2. The number of nitrogens with zero attached hydrogens (tertiary/aromatic N) is 1. The minimum atomic E-state index is -5.08. The predicted molar refractivity (Wildman–Crippen MR) is 92.2 cm³/mol. The summed E-state index contributed by atoms with van der Waals surface area (Å²) in [6.45, 7) is 0.531. The Balaban J connectivity index is 0.000000345. The highest BCUT2D eigenvalue weighted by Crippen LogP contribution is 2.30. The first-order valence-electron chi connectivity index (χ1n) is 7.87. The SMILES string of the molecule is NC(=O)c1ccc2c(c1)N(C(=O)Oc1ccccc1)CC2.O=C(O)C(F)(F)F. The summed E-state index contributed by atoms with van der Waals surface area (Å²) in [4.78, 5) is 33.9. The predicted octanol–water partition coefficient (Wildman–Crippen LogP) is 2.98. The van der Waals surface area contributed by atoms with Gasteiger partial charge in [0.05, 0.1) is 5.69 Å². The number of carboxylic acid groups (broad SMARTS) is 1. The van der Waals surface area contributed by atoms with Gasteiger partial charge >= 0.3 is 18.2 Å². The van der Waals surface area contributed by atoms with E-state index in [0.29, 0.717) is 23.5 Å². The first-order chi connectivity index (χ1) is 13.1. The third-order valence-corrected chi connectivity index (χ3v) is 3.68. The highest BCUT2D eigenvalue weighted by atomic mass is 19.4. The number of primary amides is 1. The topological polar surface area (TPSA) is 110 Å². The van der Waals surface area contributed by atoms with Crippen LogP contribution in [0.25, 0.3) is 0 Å². The number of hydrogen-bond donors (Lipinski definition) is 2. The summed E-state index contributed by atoms with van der Waals surface area (Å²) in [7, 11) is 0. The van der Waals surface area contributed by atoms with Crippen molar-refractivity contribution < 1.29 is 37.4 Å². The highest BCUT2D eigenvalue weighted by molar-refractivity contribution is 5.97. The van der Waals surface area contributed by atoms with Crippen molar-refractivity contribution in [2.75, 3.05) is 11.4 Å². The van der Waals surface area contributed by atoms with E-state index < -0.39 is 24.1 Å². The number of carbonyl (C=O) groups excluding carboxylic acids is 2. The van der Waals surface area contributed by atoms with Crippen molar-refractivity contribution >= 4 is 23.7 Å². The molecule has 3 rings (SSSR count). The molecule has 7 nitrogen and oxygen atoms in total. The number of hydrogen-bond acceptors (Lipinski definition) is 4. The van der Waals surface area contributed by atoms with Gasteiger partial charge in [0.1, 0.15) is 5.75 Å². The second kappa shape index (κ2) is 8.42. The van der Waals surface area contributed by atoms with Crippen molar-refractivity contribution in [3.05, 3.63) is 59.7 Å². The fourth-order valence-electron chi connectivity index (χ4n) is 2.37. The molecule has 1 aliphatic rings. The number of alkyl halides is 3. The number of carboxylic acids is 1. The zero-order valence-electron chi connectivity index (χ0n) is 14.3. The Bertz CT molecular complexity index is 885. The van der Waals surface area contributed by atoms with Crippen molar-refractivity contribution in [3.63, 3.8) is 0 Å². The Kier molecular flexibility index (Phi) is 6.24. The smallest absolute Gasteiger partial charge is 0.475 e. The van der Waals surface area contributed by atoms with Crippen LogP contribution in [0.3, 0.4) is 0 Å². The van der Waals surface area contributed by atoms with E-state index in [2.05, 4.69) is 0 Å².